The van der Waals surface area contributed by atoms with Crippen molar-refractivity contribution in [1.82, 2.24) is 34.3 Å². The summed E-state index contributed by atoms with van der Waals surface area (Å²) in [5.74, 6) is 0. The van der Waals surface area contributed by atoms with E-state index in [1.54, 1.807) is 0 Å². The van der Waals surface area contributed by atoms with Crippen LogP contribution in [0.1, 0.15) is 13.8 Å². The zero-order valence-electron chi connectivity index (χ0n) is 28.0. The molecule has 0 rings (SSSR count). The first kappa shape index (κ1) is 41.5. The maximum Gasteiger partial charge on any atom is 0.0110 e. The normalized spacial score (nSPS) is 12.6. The molecule has 0 fully saturated rings. The van der Waals surface area contributed by atoms with Crippen LogP contribution in [0.5, 0.6) is 0 Å². The molecule has 0 unspecified atom stereocenters. The van der Waals surface area contributed by atoms with Gasteiger partial charge in [-0.1, -0.05) is 13.8 Å². The molecule has 0 amide bonds. The molecule has 13 heteroatoms. The number of nitrogens with two attached hydrogens (primary N) is 6. The monoisotopic (exact) mass is 604 g/mol. The van der Waals surface area contributed by atoms with Gasteiger partial charge in [0, 0.05) is 157 Å². The lowest BCUT2D eigenvalue weighted by Gasteiger charge is -2.33. The Bertz CT molecular complexity index is 560. The highest BCUT2D eigenvalue weighted by atomic mass is 15.3. The quantitative estimate of drug-likeness (QED) is 0.0447. The number of nitrogens with zero attached hydrogens (tertiary/aromatic N) is 7. The molecule has 0 radical (unpaired) electrons. The highest BCUT2D eigenvalue weighted by molar-refractivity contribution is 4.72. The van der Waals surface area contributed by atoms with Crippen LogP contribution < -0.4 is 34.4 Å². The molecule has 0 atom stereocenters. The average Bonchev–Trinajstić information content (AvgIpc) is 2.98. The number of rotatable bonds is 32. The second-order valence-electron chi connectivity index (χ2n) is 11.3. The minimum atomic E-state index is 0.664. The Hall–Kier alpha value is -0.520. The van der Waals surface area contributed by atoms with Gasteiger partial charge in [0.05, 0.1) is 0 Å². The number of likely N-dealkylation sites (N-methyl/N-ethyl adjacent to an activating group) is 3. The van der Waals surface area contributed by atoms with E-state index in [0.717, 1.165) is 131 Å². The summed E-state index contributed by atoms with van der Waals surface area (Å²) in [7, 11) is 2.14. The lowest BCUT2D eigenvalue weighted by Crippen LogP contribution is -2.47. The fraction of sp³-hybridized carbons (Fsp3) is 1.00. The second-order valence-corrected chi connectivity index (χ2v) is 11.3. The molecule has 0 spiro atoms. The van der Waals surface area contributed by atoms with E-state index in [1.165, 1.54) is 0 Å². The molecule has 12 N–H and O–H groups in total. The Morgan fingerprint density at radius 2 is 0.500 bits per heavy atom. The van der Waals surface area contributed by atoms with Gasteiger partial charge in [0.1, 0.15) is 0 Å². The summed E-state index contributed by atoms with van der Waals surface area (Å²) in [6.07, 6.45) is 0. The number of hydrogen-bond acceptors (Lipinski definition) is 13. The first-order chi connectivity index (χ1) is 20.4. The minimum Gasteiger partial charge on any atom is -0.329 e. The van der Waals surface area contributed by atoms with Gasteiger partial charge >= 0.3 is 0 Å². The van der Waals surface area contributed by atoms with Crippen molar-refractivity contribution in [2.75, 3.05) is 177 Å². The number of hydrogen-bond donors (Lipinski definition) is 6. The van der Waals surface area contributed by atoms with Crippen LogP contribution in [0.15, 0.2) is 0 Å². The van der Waals surface area contributed by atoms with Crippen molar-refractivity contribution in [3.8, 4) is 0 Å². The van der Waals surface area contributed by atoms with Crippen molar-refractivity contribution in [3.05, 3.63) is 0 Å². The van der Waals surface area contributed by atoms with Crippen LogP contribution in [0.25, 0.3) is 0 Å². The molecule has 0 aliphatic rings. The Labute approximate surface area is 259 Å². The maximum atomic E-state index is 6.06. The molecule has 0 saturated heterocycles. The smallest absolute Gasteiger partial charge is 0.0110 e. The van der Waals surface area contributed by atoms with Crippen molar-refractivity contribution >= 4 is 0 Å². The highest BCUT2D eigenvalue weighted by Crippen LogP contribution is 2.00. The summed E-state index contributed by atoms with van der Waals surface area (Å²) in [5.41, 5.74) is 35.4. The topological polar surface area (TPSA) is 179 Å². The lowest BCUT2D eigenvalue weighted by atomic mass is 10.3. The molecule has 0 saturated carbocycles. The minimum absolute atomic E-state index is 0.664. The van der Waals surface area contributed by atoms with Gasteiger partial charge in [-0.15, -0.1) is 0 Å². The van der Waals surface area contributed by atoms with Crippen molar-refractivity contribution in [2.24, 2.45) is 34.4 Å². The van der Waals surface area contributed by atoms with Crippen LogP contribution in [-0.2, 0) is 0 Å². The van der Waals surface area contributed by atoms with Crippen LogP contribution in [0, 0.1) is 0 Å². The van der Waals surface area contributed by atoms with Crippen LogP contribution in [0.2, 0.25) is 0 Å². The molecule has 0 bridgehead atoms. The average molecular weight is 604 g/mol. The molecule has 0 aromatic heterocycles. The lowest BCUT2D eigenvalue weighted by molar-refractivity contribution is 0.144. The molecule has 254 valence electrons. The molecule has 0 aliphatic carbocycles. The molecule has 13 nitrogen and oxygen atoms in total. The van der Waals surface area contributed by atoms with Gasteiger partial charge in [0.15, 0.2) is 0 Å². The Morgan fingerprint density at radius 3 is 0.762 bits per heavy atom. The van der Waals surface area contributed by atoms with E-state index < -0.39 is 0 Å². The zero-order chi connectivity index (χ0) is 31.4. The molecule has 42 heavy (non-hydrogen) atoms. The van der Waals surface area contributed by atoms with E-state index in [9.17, 15) is 0 Å². The third kappa shape index (κ3) is 22.1. The van der Waals surface area contributed by atoms with Gasteiger partial charge in [-0.2, -0.15) is 0 Å². The van der Waals surface area contributed by atoms with Gasteiger partial charge in [-0.05, 0) is 20.1 Å². The first-order valence-electron chi connectivity index (χ1n) is 16.6. The van der Waals surface area contributed by atoms with E-state index in [1.807, 2.05) is 0 Å². The van der Waals surface area contributed by atoms with Crippen LogP contribution in [0.3, 0.4) is 0 Å². The second kappa shape index (κ2) is 29.2. The van der Waals surface area contributed by atoms with Gasteiger partial charge in [0.25, 0.3) is 0 Å². The molecule has 0 aliphatic heterocycles. The fourth-order valence-corrected chi connectivity index (χ4v) is 5.17. The predicted octanol–water partition coefficient (Wildman–Crippen LogP) is -3.48. The Morgan fingerprint density at radius 1 is 0.286 bits per heavy atom. The van der Waals surface area contributed by atoms with E-state index in [0.29, 0.717) is 39.3 Å². The van der Waals surface area contributed by atoms with Gasteiger partial charge in [0.2, 0.25) is 0 Å². The van der Waals surface area contributed by atoms with Crippen molar-refractivity contribution < 1.29 is 0 Å². The van der Waals surface area contributed by atoms with Crippen LogP contribution in [0.4, 0.5) is 0 Å². The summed E-state index contributed by atoms with van der Waals surface area (Å²) in [5, 5.41) is 0. The zero-order valence-corrected chi connectivity index (χ0v) is 28.0. The van der Waals surface area contributed by atoms with Gasteiger partial charge in [-0.3, -0.25) is 19.6 Å². The predicted molar refractivity (Wildman–Crippen MR) is 182 cm³/mol. The molecule has 0 aromatic carbocycles. The molecule has 0 heterocycles. The van der Waals surface area contributed by atoms with Crippen molar-refractivity contribution in [1.29, 1.82) is 0 Å². The van der Waals surface area contributed by atoms with Gasteiger partial charge < -0.3 is 49.1 Å². The van der Waals surface area contributed by atoms with Crippen LogP contribution in [-0.4, -0.2) is 212 Å². The fourth-order valence-electron chi connectivity index (χ4n) is 5.17. The Kier molecular flexibility index (Phi) is 28.8. The summed E-state index contributed by atoms with van der Waals surface area (Å²) >= 11 is 0. The summed E-state index contributed by atoms with van der Waals surface area (Å²) < 4.78 is 0. The summed E-state index contributed by atoms with van der Waals surface area (Å²) in [6.45, 7) is 28.2. The summed E-state index contributed by atoms with van der Waals surface area (Å²) in [4.78, 5) is 17.3. The first-order valence-corrected chi connectivity index (χ1v) is 16.6. The summed E-state index contributed by atoms with van der Waals surface area (Å²) in [6, 6.07) is 0. The van der Waals surface area contributed by atoms with Crippen molar-refractivity contribution in [2.45, 2.75) is 13.8 Å². The molecular weight excluding hydrogens is 530 g/mol. The standard InChI is InChI=1S/C29H73N13/c1-4-37(13-7-31)20-22-40(16-10-34)24-25-41(17-11-35)27-29-42(23-21-38(5-2)14-8-32)28-26-39(15-9-33)19-18-36(3)12-6-30/h4-35H2,1-3H3. The Balaban J connectivity index is 5.19. The third-order valence-electron chi connectivity index (χ3n) is 8.09. The third-order valence-corrected chi connectivity index (χ3v) is 8.09. The van der Waals surface area contributed by atoms with E-state index in [2.05, 4.69) is 55.2 Å². The van der Waals surface area contributed by atoms with Crippen LogP contribution >= 0.6 is 0 Å². The maximum absolute atomic E-state index is 6.06. The largest absolute Gasteiger partial charge is 0.329 e. The van der Waals surface area contributed by atoms with E-state index in [-0.39, 0.29) is 0 Å². The van der Waals surface area contributed by atoms with Crippen molar-refractivity contribution in [3.63, 3.8) is 0 Å². The van der Waals surface area contributed by atoms with Gasteiger partial charge in [-0.25, -0.2) is 0 Å². The molecular formula is C29H73N13. The molecule has 0 aromatic rings. The van der Waals surface area contributed by atoms with E-state index in [4.69, 9.17) is 34.4 Å². The SMILES string of the molecule is CCN(CCN)CCN(CCN)CCN(CCN)CCN(CCN(CC)CCN)CCN(CCN)CCN(C)CCN. The highest BCUT2D eigenvalue weighted by Gasteiger charge is 2.15. The van der Waals surface area contributed by atoms with E-state index >= 15 is 0 Å².